The number of amides is 1. The van der Waals surface area contributed by atoms with E-state index in [2.05, 4.69) is 15.6 Å². The molecule has 0 bridgehead atoms. The van der Waals surface area contributed by atoms with Crippen molar-refractivity contribution in [3.63, 3.8) is 0 Å². The fraction of sp³-hybridized carbons (Fsp3) is 0.846. The summed E-state index contributed by atoms with van der Waals surface area (Å²) >= 11 is 0. The molecular weight excluding hydrogens is 230 g/mol. The van der Waals surface area contributed by atoms with Crippen LogP contribution in [0, 0.1) is 0 Å². The van der Waals surface area contributed by atoms with Gasteiger partial charge in [0.2, 0.25) is 0 Å². The van der Waals surface area contributed by atoms with Crippen LogP contribution in [0.25, 0.3) is 0 Å². The van der Waals surface area contributed by atoms with Crippen molar-refractivity contribution in [3.8, 4) is 0 Å². The topological polar surface area (TPSA) is 62.7 Å². The second kappa shape index (κ2) is 4.53. The van der Waals surface area contributed by atoms with E-state index in [-0.39, 0.29) is 17.0 Å². The molecule has 1 heterocycles. The number of carbonyl (C=O) groups is 1. The van der Waals surface area contributed by atoms with Crippen LogP contribution in [0.5, 0.6) is 0 Å². The summed E-state index contributed by atoms with van der Waals surface area (Å²) in [6.07, 6.45) is 0.539. The third-order valence-electron chi connectivity index (χ3n) is 2.90. The van der Waals surface area contributed by atoms with E-state index in [1.54, 1.807) is 7.11 Å². The average Bonchev–Trinajstić information content (AvgIpc) is 2.37. The number of carbonyl (C=O) groups excluding carboxylic acids is 1. The summed E-state index contributed by atoms with van der Waals surface area (Å²) in [5.41, 5.74) is -1.28. The van der Waals surface area contributed by atoms with Crippen LogP contribution in [0.4, 0.5) is 0 Å². The lowest BCUT2D eigenvalue weighted by molar-refractivity contribution is -0.125. The molecule has 104 valence electrons. The summed E-state index contributed by atoms with van der Waals surface area (Å²) in [4.78, 5) is 16.5. The lowest BCUT2D eigenvalue weighted by Crippen LogP contribution is -2.48. The summed E-state index contributed by atoms with van der Waals surface area (Å²) < 4.78 is 5.38. The zero-order valence-corrected chi connectivity index (χ0v) is 12.5. The number of aliphatic imine (C=N–C) groups is 1. The highest BCUT2D eigenvalue weighted by Gasteiger charge is 2.43. The maximum atomic E-state index is 12.1. The zero-order valence-electron chi connectivity index (χ0n) is 12.5. The van der Waals surface area contributed by atoms with Gasteiger partial charge in [0.05, 0.1) is 5.60 Å². The minimum atomic E-state index is -0.771. The third-order valence-corrected chi connectivity index (χ3v) is 2.90. The third kappa shape index (κ3) is 3.70. The van der Waals surface area contributed by atoms with E-state index in [1.165, 1.54) is 0 Å². The molecule has 0 aromatic carbocycles. The summed E-state index contributed by atoms with van der Waals surface area (Å²) in [6, 6.07) is 0. The average molecular weight is 255 g/mol. The Balaban J connectivity index is 2.86. The molecular formula is C13H25N3O2. The first-order valence-electron chi connectivity index (χ1n) is 6.22. The number of hydrogen-bond donors (Lipinski definition) is 2. The number of nitrogens with zero attached hydrogens (tertiary/aromatic N) is 1. The minimum absolute atomic E-state index is 0.0839. The molecule has 1 unspecified atom stereocenters. The van der Waals surface area contributed by atoms with E-state index in [1.807, 2.05) is 41.5 Å². The maximum absolute atomic E-state index is 12.1. The predicted molar refractivity (Wildman–Crippen MR) is 72.6 cm³/mol. The fourth-order valence-corrected chi connectivity index (χ4v) is 2.00. The van der Waals surface area contributed by atoms with Gasteiger partial charge in [-0.2, -0.15) is 0 Å². The van der Waals surface area contributed by atoms with Gasteiger partial charge in [-0.05, 0) is 41.5 Å². The van der Waals surface area contributed by atoms with Gasteiger partial charge in [-0.15, -0.1) is 0 Å². The SMILES string of the molecule is COC(C)(C)CC1(C)N=C(NC(C)(C)C)NC1=O. The monoisotopic (exact) mass is 255 g/mol. The second-order valence-corrected chi connectivity index (χ2v) is 6.70. The van der Waals surface area contributed by atoms with Crippen LogP contribution in [0.15, 0.2) is 4.99 Å². The van der Waals surface area contributed by atoms with Gasteiger partial charge in [-0.3, -0.25) is 10.1 Å². The summed E-state index contributed by atoms with van der Waals surface area (Å²) in [7, 11) is 1.65. The van der Waals surface area contributed by atoms with Crippen LogP contribution in [0.2, 0.25) is 0 Å². The quantitative estimate of drug-likeness (QED) is 0.802. The number of ether oxygens (including phenoxy) is 1. The number of methoxy groups -OCH3 is 1. The number of nitrogens with one attached hydrogen (secondary N) is 2. The van der Waals surface area contributed by atoms with Gasteiger partial charge in [0.15, 0.2) is 5.96 Å². The Labute approximate surface area is 109 Å². The predicted octanol–water partition coefficient (Wildman–Crippen LogP) is 1.43. The van der Waals surface area contributed by atoms with E-state index in [0.29, 0.717) is 12.4 Å². The first-order valence-corrected chi connectivity index (χ1v) is 6.22. The Morgan fingerprint density at radius 3 is 2.33 bits per heavy atom. The van der Waals surface area contributed by atoms with Crippen LogP contribution in [-0.4, -0.2) is 35.7 Å². The van der Waals surface area contributed by atoms with Crippen LogP contribution in [0.3, 0.4) is 0 Å². The zero-order chi connectivity index (χ0) is 14.2. The van der Waals surface area contributed by atoms with Crippen molar-refractivity contribution in [1.29, 1.82) is 0 Å². The molecule has 0 aromatic rings. The Morgan fingerprint density at radius 1 is 1.33 bits per heavy atom. The Kier molecular flexibility index (Phi) is 3.77. The van der Waals surface area contributed by atoms with E-state index in [0.717, 1.165) is 0 Å². The molecule has 0 saturated heterocycles. The fourth-order valence-electron chi connectivity index (χ4n) is 2.00. The van der Waals surface area contributed by atoms with Crippen LogP contribution in [-0.2, 0) is 9.53 Å². The molecule has 0 saturated carbocycles. The smallest absolute Gasteiger partial charge is 0.254 e. The normalized spacial score (nSPS) is 24.8. The number of hydrogen-bond acceptors (Lipinski definition) is 4. The highest BCUT2D eigenvalue weighted by molar-refractivity contribution is 6.07. The summed E-state index contributed by atoms with van der Waals surface area (Å²) in [6.45, 7) is 11.8. The van der Waals surface area contributed by atoms with Gasteiger partial charge >= 0.3 is 0 Å². The molecule has 0 spiro atoms. The van der Waals surface area contributed by atoms with Crippen LogP contribution < -0.4 is 10.6 Å². The molecule has 2 N–H and O–H groups in total. The standard InChI is InChI=1S/C13H25N3O2/c1-11(2,3)15-10-14-9(17)13(6,16-10)8-12(4,5)18-7/h8H2,1-7H3,(H2,14,15,16,17). The molecule has 0 fully saturated rings. The van der Waals surface area contributed by atoms with Crippen LogP contribution in [0.1, 0.15) is 48.0 Å². The molecule has 1 amide bonds. The first kappa shape index (κ1) is 15.0. The lowest BCUT2D eigenvalue weighted by atomic mass is 9.88. The highest BCUT2D eigenvalue weighted by Crippen LogP contribution is 2.29. The number of rotatable bonds is 3. The molecule has 1 aliphatic rings. The molecule has 1 atom stereocenters. The minimum Gasteiger partial charge on any atom is -0.379 e. The van der Waals surface area contributed by atoms with Gasteiger partial charge in [0, 0.05) is 19.1 Å². The van der Waals surface area contributed by atoms with Gasteiger partial charge in [0.1, 0.15) is 5.54 Å². The molecule has 5 nitrogen and oxygen atoms in total. The Bertz CT molecular complexity index is 369. The molecule has 0 aliphatic carbocycles. The largest absolute Gasteiger partial charge is 0.379 e. The van der Waals surface area contributed by atoms with Crippen molar-refractivity contribution in [2.45, 2.75) is 64.6 Å². The number of guanidine groups is 1. The Hall–Kier alpha value is -1.10. The highest BCUT2D eigenvalue weighted by atomic mass is 16.5. The Morgan fingerprint density at radius 2 is 1.89 bits per heavy atom. The second-order valence-electron chi connectivity index (χ2n) is 6.70. The van der Waals surface area contributed by atoms with E-state index in [9.17, 15) is 4.79 Å². The van der Waals surface area contributed by atoms with Crippen molar-refractivity contribution < 1.29 is 9.53 Å². The maximum Gasteiger partial charge on any atom is 0.254 e. The lowest BCUT2D eigenvalue weighted by Gasteiger charge is -2.29. The van der Waals surface area contributed by atoms with Gasteiger partial charge in [-0.1, -0.05) is 0 Å². The van der Waals surface area contributed by atoms with Gasteiger partial charge in [0.25, 0.3) is 5.91 Å². The van der Waals surface area contributed by atoms with Crippen molar-refractivity contribution in [2.24, 2.45) is 4.99 Å². The van der Waals surface area contributed by atoms with Gasteiger partial charge < -0.3 is 10.1 Å². The molecule has 0 aromatic heterocycles. The van der Waals surface area contributed by atoms with E-state index < -0.39 is 5.54 Å². The van der Waals surface area contributed by atoms with Crippen molar-refractivity contribution in [3.05, 3.63) is 0 Å². The molecule has 0 radical (unpaired) electrons. The van der Waals surface area contributed by atoms with Gasteiger partial charge in [-0.25, -0.2) is 4.99 Å². The van der Waals surface area contributed by atoms with Crippen molar-refractivity contribution >= 4 is 11.9 Å². The summed E-state index contributed by atoms with van der Waals surface area (Å²) in [5.74, 6) is 0.460. The van der Waals surface area contributed by atoms with Crippen molar-refractivity contribution in [2.75, 3.05) is 7.11 Å². The molecule has 18 heavy (non-hydrogen) atoms. The molecule has 1 rings (SSSR count). The molecule has 5 heteroatoms. The van der Waals surface area contributed by atoms with E-state index >= 15 is 0 Å². The van der Waals surface area contributed by atoms with Crippen LogP contribution >= 0.6 is 0 Å². The van der Waals surface area contributed by atoms with E-state index in [4.69, 9.17) is 4.74 Å². The van der Waals surface area contributed by atoms with Crippen molar-refractivity contribution in [1.82, 2.24) is 10.6 Å². The first-order chi connectivity index (χ1) is 7.97. The molecule has 1 aliphatic heterocycles. The summed E-state index contributed by atoms with van der Waals surface area (Å²) in [5, 5.41) is 5.98.